The maximum Gasteiger partial charge on any atom is 0.308 e. The minimum atomic E-state index is -0.934. The van der Waals surface area contributed by atoms with Crippen molar-refractivity contribution in [1.82, 2.24) is 9.88 Å². The number of hydrogen-bond donors (Lipinski definition) is 2. The number of pyridine rings is 1. The van der Waals surface area contributed by atoms with Gasteiger partial charge in [0, 0.05) is 30.9 Å². The number of nitrogens with zero attached hydrogens (tertiary/aromatic N) is 3. The SMILES string of the molecule is CC(Nc1ccc(C(=O)N2CCCC(C(=O)O)C2)cc1[N+](=O)[O-])c1ccccn1. The van der Waals surface area contributed by atoms with E-state index in [1.54, 1.807) is 12.3 Å². The van der Waals surface area contributed by atoms with E-state index in [2.05, 4.69) is 10.3 Å². The number of piperidine rings is 1. The molecule has 2 aromatic rings. The average Bonchev–Trinajstić information content (AvgIpc) is 2.74. The molecule has 9 nitrogen and oxygen atoms in total. The van der Waals surface area contributed by atoms with Crippen LogP contribution in [-0.4, -0.2) is 44.9 Å². The molecule has 9 heteroatoms. The van der Waals surface area contributed by atoms with Gasteiger partial charge >= 0.3 is 5.97 Å². The Hall–Kier alpha value is -3.49. The number of likely N-dealkylation sites (tertiary alicyclic amines) is 1. The second-order valence-electron chi connectivity index (χ2n) is 7.04. The molecule has 0 bridgehead atoms. The highest BCUT2D eigenvalue weighted by Crippen LogP contribution is 2.30. The first-order valence-corrected chi connectivity index (χ1v) is 9.35. The van der Waals surface area contributed by atoms with Crippen molar-refractivity contribution in [3.05, 3.63) is 64.0 Å². The van der Waals surface area contributed by atoms with Crippen molar-refractivity contribution in [2.75, 3.05) is 18.4 Å². The fourth-order valence-electron chi connectivity index (χ4n) is 3.42. The van der Waals surface area contributed by atoms with Gasteiger partial charge in [-0.3, -0.25) is 24.7 Å². The number of benzene rings is 1. The molecule has 3 rings (SSSR count). The molecule has 2 atom stereocenters. The van der Waals surface area contributed by atoms with E-state index in [4.69, 9.17) is 0 Å². The quantitative estimate of drug-likeness (QED) is 0.565. The number of nitro groups is 1. The van der Waals surface area contributed by atoms with Crippen LogP contribution in [0.25, 0.3) is 0 Å². The standard InChI is InChI=1S/C20H22N4O5/c1-13(16-6-2-3-9-21-16)22-17-8-7-14(11-18(17)24(28)29)19(25)23-10-4-5-15(12-23)20(26)27/h2-3,6-9,11,13,15,22H,4-5,10,12H2,1H3,(H,26,27). The number of anilines is 1. The second-order valence-corrected chi connectivity index (χ2v) is 7.04. The summed E-state index contributed by atoms with van der Waals surface area (Å²) in [5.41, 5.74) is 0.964. The fourth-order valence-corrected chi connectivity index (χ4v) is 3.42. The van der Waals surface area contributed by atoms with E-state index in [1.807, 2.05) is 19.1 Å². The summed E-state index contributed by atoms with van der Waals surface area (Å²) >= 11 is 0. The Morgan fingerprint density at radius 3 is 2.79 bits per heavy atom. The Morgan fingerprint density at radius 1 is 1.34 bits per heavy atom. The molecule has 1 fully saturated rings. The van der Waals surface area contributed by atoms with Gasteiger partial charge in [-0.1, -0.05) is 6.07 Å². The molecule has 2 heterocycles. The van der Waals surface area contributed by atoms with Gasteiger partial charge in [0.1, 0.15) is 5.69 Å². The number of carboxylic acid groups (broad SMARTS) is 1. The van der Waals surface area contributed by atoms with E-state index in [0.29, 0.717) is 19.4 Å². The van der Waals surface area contributed by atoms with Crippen molar-refractivity contribution >= 4 is 23.3 Å². The summed E-state index contributed by atoms with van der Waals surface area (Å²) in [6.07, 6.45) is 2.76. The number of aliphatic carboxylic acids is 1. The summed E-state index contributed by atoms with van der Waals surface area (Å²) in [5.74, 6) is -1.94. The van der Waals surface area contributed by atoms with Gasteiger partial charge in [0.2, 0.25) is 0 Å². The second kappa shape index (κ2) is 8.68. The van der Waals surface area contributed by atoms with Gasteiger partial charge in [0.15, 0.2) is 0 Å². The average molecular weight is 398 g/mol. The number of hydrogen-bond acceptors (Lipinski definition) is 6. The lowest BCUT2D eigenvalue weighted by atomic mass is 9.97. The van der Waals surface area contributed by atoms with Crippen molar-refractivity contribution in [2.24, 2.45) is 5.92 Å². The number of aromatic nitrogens is 1. The highest BCUT2D eigenvalue weighted by Gasteiger charge is 2.29. The number of carbonyl (C=O) groups is 2. The Balaban J connectivity index is 1.81. The van der Waals surface area contributed by atoms with Gasteiger partial charge in [-0.05, 0) is 44.0 Å². The summed E-state index contributed by atoms with van der Waals surface area (Å²) in [5, 5.41) is 23.8. The van der Waals surface area contributed by atoms with Crippen LogP contribution in [0.4, 0.5) is 11.4 Å². The van der Waals surface area contributed by atoms with Crippen LogP contribution in [0.1, 0.15) is 41.9 Å². The molecule has 1 aromatic carbocycles. The molecule has 152 valence electrons. The third kappa shape index (κ3) is 4.68. The zero-order valence-electron chi connectivity index (χ0n) is 15.9. The van der Waals surface area contributed by atoms with Gasteiger partial charge in [-0.15, -0.1) is 0 Å². The molecule has 2 N–H and O–H groups in total. The number of nitro benzene ring substituents is 1. The van der Waals surface area contributed by atoms with Gasteiger partial charge < -0.3 is 15.3 Å². The highest BCUT2D eigenvalue weighted by molar-refractivity contribution is 5.96. The van der Waals surface area contributed by atoms with E-state index in [9.17, 15) is 24.8 Å². The number of carbonyl (C=O) groups excluding carboxylic acids is 1. The third-order valence-corrected chi connectivity index (χ3v) is 5.00. The minimum absolute atomic E-state index is 0.110. The van der Waals surface area contributed by atoms with Crippen LogP contribution >= 0.6 is 0 Å². The first-order chi connectivity index (χ1) is 13.9. The van der Waals surface area contributed by atoms with Crippen molar-refractivity contribution in [1.29, 1.82) is 0 Å². The smallest absolute Gasteiger partial charge is 0.308 e. The summed E-state index contributed by atoms with van der Waals surface area (Å²) < 4.78 is 0. The monoisotopic (exact) mass is 398 g/mol. The van der Waals surface area contributed by atoms with Crippen LogP contribution in [0, 0.1) is 16.0 Å². The Kier molecular flexibility index (Phi) is 6.06. The van der Waals surface area contributed by atoms with Gasteiger partial charge in [-0.2, -0.15) is 0 Å². The van der Waals surface area contributed by atoms with Crippen LogP contribution < -0.4 is 5.32 Å². The minimum Gasteiger partial charge on any atom is -0.481 e. The topological polar surface area (TPSA) is 126 Å². The van der Waals surface area contributed by atoms with Crippen LogP contribution in [-0.2, 0) is 4.79 Å². The first-order valence-electron chi connectivity index (χ1n) is 9.35. The maximum atomic E-state index is 12.8. The van der Waals surface area contributed by atoms with Crippen LogP contribution in [0.2, 0.25) is 0 Å². The maximum absolute atomic E-state index is 12.8. The molecular weight excluding hydrogens is 376 g/mol. The zero-order valence-corrected chi connectivity index (χ0v) is 15.9. The predicted molar refractivity (Wildman–Crippen MR) is 106 cm³/mol. The van der Waals surface area contributed by atoms with Gasteiger partial charge in [0.25, 0.3) is 11.6 Å². The Labute approximate surface area is 167 Å². The normalized spacial score (nSPS) is 17.4. The molecule has 1 aliphatic rings. The molecule has 0 spiro atoms. The predicted octanol–water partition coefficient (Wildman–Crippen LogP) is 3.10. The van der Waals surface area contributed by atoms with E-state index in [0.717, 1.165) is 5.69 Å². The number of rotatable bonds is 6. The number of carboxylic acids is 1. The molecule has 29 heavy (non-hydrogen) atoms. The molecule has 1 aliphatic heterocycles. The van der Waals surface area contributed by atoms with Crippen molar-refractivity contribution in [2.45, 2.75) is 25.8 Å². The largest absolute Gasteiger partial charge is 0.481 e. The molecule has 0 aliphatic carbocycles. The van der Waals surface area contributed by atoms with E-state index >= 15 is 0 Å². The van der Waals surface area contributed by atoms with Crippen LogP contribution in [0.3, 0.4) is 0 Å². The highest BCUT2D eigenvalue weighted by atomic mass is 16.6. The lowest BCUT2D eigenvalue weighted by molar-refractivity contribution is -0.384. The van der Waals surface area contributed by atoms with Crippen LogP contribution in [0.5, 0.6) is 0 Å². The molecule has 1 amide bonds. The van der Waals surface area contributed by atoms with E-state index in [-0.39, 0.29) is 29.5 Å². The summed E-state index contributed by atoms with van der Waals surface area (Å²) in [6, 6.07) is 9.43. The molecule has 1 saturated heterocycles. The van der Waals surface area contributed by atoms with E-state index in [1.165, 1.54) is 23.1 Å². The zero-order chi connectivity index (χ0) is 21.0. The van der Waals surface area contributed by atoms with Gasteiger partial charge in [0.05, 0.1) is 22.6 Å². The Morgan fingerprint density at radius 2 is 2.14 bits per heavy atom. The van der Waals surface area contributed by atoms with Crippen LogP contribution in [0.15, 0.2) is 42.6 Å². The fraction of sp³-hybridized carbons (Fsp3) is 0.350. The molecule has 2 unspecified atom stereocenters. The number of amides is 1. The van der Waals surface area contributed by atoms with E-state index < -0.39 is 22.7 Å². The van der Waals surface area contributed by atoms with Crippen molar-refractivity contribution < 1.29 is 19.6 Å². The number of nitrogens with one attached hydrogen (secondary N) is 1. The lowest BCUT2D eigenvalue weighted by Crippen LogP contribution is -2.42. The Bertz CT molecular complexity index is 918. The lowest BCUT2D eigenvalue weighted by Gasteiger charge is -2.30. The summed E-state index contributed by atoms with van der Waals surface area (Å²) in [4.78, 5) is 40.7. The van der Waals surface area contributed by atoms with Crippen molar-refractivity contribution in [3.63, 3.8) is 0 Å². The first kappa shape index (κ1) is 20.2. The molecule has 0 radical (unpaired) electrons. The summed E-state index contributed by atoms with van der Waals surface area (Å²) in [6.45, 7) is 2.39. The molecule has 1 aromatic heterocycles. The molecule has 0 saturated carbocycles. The molecular formula is C20H22N4O5. The summed E-state index contributed by atoms with van der Waals surface area (Å²) in [7, 11) is 0. The third-order valence-electron chi connectivity index (χ3n) is 5.00. The van der Waals surface area contributed by atoms with Gasteiger partial charge in [-0.25, -0.2) is 0 Å². The van der Waals surface area contributed by atoms with Crippen molar-refractivity contribution in [3.8, 4) is 0 Å².